The van der Waals surface area contributed by atoms with E-state index in [1.165, 1.54) is 12.1 Å². The van der Waals surface area contributed by atoms with Crippen molar-refractivity contribution in [3.05, 3.63) is 70.2 Å². The van der Waals surface area contributed by atoms with Gasteiger partial charge in [0.05, 0.1) is 0 Å². The Bertz CT molecular complexity index is 569. The van der Waals surface area contributed by atoms with Crippen LogP contribution >= 0.6 is 27.5 Å². The maximum Gasteiger partial charge on any atom is 0.129 e. The van der Waals surface area contributed by atoms with E-state index < -0.39 is 11.6 Å². The molecule has 0 radical (unpaired) electrons. The van der Waals surface area contributed by atoms with E-state index in [1.54, 1.807) is 0 Å². The first-order chi connectivity index (χ1) is 9.58. The maximum absolute atomic E-state index is 13.7. The molecule has 0 amide bonds. The molecule has 0 N–H and O–H groups in total. The first-order valence-electron chi connectivity index (χ1n) is 6.33. The Morgan fingerprint density at radius 3 is 2.30 bits per heavy atom. The number of rotatable bonds is 5. The van der Waals surface area contributed by atoms with E-state index in [9.17, 15) is 8.78 Å². The molecule has 0 saturated carbocycles. The van der Waals surface area contributed by atoms with Gasteiger partial charge in [-0.2, -0.15) is 0 Å². The highest BCUT2D eigenvalue weighted by atomic mass is 79.9. The van der Waals surface area contributed by atoms with Crippen molar-refractivity contribution in [2.75, 3.05) is 5.33 Å². The Balaban J connectivity index is 2.07. The predicted molar refractivity (Wildman–Crippen MR) is 82.5 cm³/mol. The van der Waals surface area contributed by atoms with Crippen molar-refractivity contribution in [2.45, 2.75) is 12.8 Å². The first-order valence-corrected chi connectivity index (χ1v) is 7.82. The molecule has 2 rings (SSSR count). The molecule has 0 aliphatic carbocycles. The van der Waals surface area contributed by atoms with Crippen LogP contribution in [0.25, 0.3) is 0 Å². The lowest BCUT2D eigenvalue weighted by atomic mass is 9.94. The molecule has 4 heteroatoms. The summed E-state index contributed by atoms with van der Waals surface area (Å²) in [6.45, 7) is 0. The summed E-state index contributed by atoms with van der Waals surface area (Å²) in [7, 11) is 0. The van der Waals surface area contributed by atoms with E-state index >= 15 is 0 Å². The molecular weight excluding hydrogens is 346 g/mol. The van der Waals surface area contributed by atoms with Crippen LogP contribution in [0.4, 0.5) is 8.78 Å². The van der Waals surface area contributed by atoms with Crippen LogP contribution < -0.4 is 0 Å². The minimum atomic E-state index is -0.542. The Morgan fingerprint density at radius 2 is 1.70 bits per heavy atom. The summed E-state index contributed by atoms with van der Waals surface area (Å²) in [5.41, 5.74) is 1.70. The van der Waals surface area contributed by atoms with Crippen molar-refractivity contribution >= 4 is 27.5 Å². The summed E-state index contributed by atoms with van der Waals surface area (Å²) in [5.74, 6) is -0.775. The minimum absolute atomic E-state index is 0.246. The molecule has 0 bridgehead atoms. The van der Waals surface area contributed by atoms with Gasteiger partial charge in [-0.25, -0.2) is 8.78 Å². The maximum atomic E-state index is 13.7. The molecule has 0 aliphatic heterocycles. The van der Waals surface area contributed by atoms with Crippen LogP contribution in [0.5, 0.6) is 0 Å². The van der Waals surface area contributed by atoms with Crippen LogP contribution in [0.1, 0.15) is 11.1 Å². The van der Waals surface area contributed by atoms with Gasteiger partial charge < -0.3 is 0 Å². The molecule has 1 unspecified atom stereocenters. The van der Waals surface area contributed by atoms with Gasteiger partial charge in [0.1, 0.15) is 11.6 Å². The summed E-state index contributed by atoms with van der Waals surface area (Å²) in [5, 5.41) is 1.46. The van der Waals surface area contributed by atoms with Gasteiger partial charge in [0.25, 0.3) is 0 Å². The topological polar surface area (TPSA) is 0 Å². The first kappa shape index (κ1) is 15.5. The molecule has 0 fully saturated rings. The zero-order valence-electron chi connectivity index (χ0n) is 10.8. The SMILES string of the molecule is Fc1ccc(CC(CBr)Cc2ccc(Cl)cc2)c(F)c1. The van der Waals surface area contributed by atoms with Gasteiger partial charge >= 0.3 is 0 Å². The second-order valence-electron chi connectivity index (χ2n) is 4.79. The van der Waals surface area contributed by atoms with Gasteiger partial charge in [0, 0.05) is 16.4 Å². The Morgan fingerprint density at radius 1 is 1.00 bits per heavy atom. The highest BCUT2D eigenvalue weighted by Gasteiger charge is 2.13. The van der Waals surface area contributed by atoms with Crippen LogP contribution in [0.3, 0.4) is 0 Å². The molecule has 1 atom stereocenters. The number of benzene rings is 2. The lowest BCUT2D eigenvalue weighted by Crippen LogP contribution is -2.11. The second-order valence-corrected chi connectivity index (χ2v) is 5.87. The van der Waals surface area contributed by atoms with Crippen LogP contribution in [0, 0.1) is 17.6 Å². The highest BCUT2D eigenvalue weighted by Crippen LogP contribution is 2.20. The van der Waals surface area contributed by atoms with E-state index in [1.807, 2.05) is 24.3 Å². The van der Waals surface area contributed by atoms with Crippen molar-refractivity contribution < 1.29 is 8.78 Å². The second kappa shape index (κ2) is 7.19. The Kier molecular flexibility index (Phi) is 5.55. The summed E-state index contributed by atoms with van der Waals surface area (Å²) >= 11 is 9.31. The average molecular weight is 360 g/mol. The third-order valence-electron chi connectivity index (χ3n) is 3.18. The molecule has 0 aliphatic rings. The molecule has 106 valence electrons. The molecule has 0 nitrogen and oxygen atoms in total. The molecule has 20 heavy (non-hydrogen) atoms. The number of hydrogen-bond donors (Lipinski definition) is 0. The molecule has 0 aromatic heterocycles. The summed E-state index contributed by atoms with van der Waals surface area (Å²) in [6.07, 6.45) is 1.39. The van der Waals surface area contributed by atoms with Gasteiger partial charge in [-0.1, -0.05) is 45.7 Å². The van der Waals surface area contributed by atoms with E-state index in [0.717, 1.165) is 23.4 Å². The normalized spacial score (nSPS) is 12.4. The fraction of sp³-hybridized carbons (Fsp3) is 0.250. The van der Waals surface area contributed by atoms with Crippen LogP contribution in [0.2, 0.25) is 5.02 Å². The number of halogens is 4. The highest BCUT2D eigenvalue weighted by molar-refractivity contribution is 9.09. The largest absolute Gasteiger partial charge is 0.207 e. The Hall–Kier alpha value is -0.930. The van der Waals surface area contributed by atoms with E-state index in [2.05, 4.69) is 15.9 Å². The van der Waals surface area contributed by atoms with Crippen LogP contribution in [0.15, 0.2) is 42.5 Å². The zero-order chi connectivity index (χ0) is 14.5. The average Bonchev–Trinajstić information content (AvgIpc) is 2.43. The molecule has 2 aromatic carbocycles. The fourth-order valence-electron chi connectivity index (χ4n) is 2.13. The predicted octanol–water partition coefficient (Wildman–Crippen LogP) is 5.41. The zero-order valence-corrected chi connectivity index (χ0v) is 13.1. The molecule has 0 spiro atoms. The van der Waals surface area contributed by atoms with Gasteiger partial charge in [-0.3, -0.25) is 0 Å². The number of hydrogen-bond acceptors (Lipinski definition) is 0. The van der Waals surface area contributed by atoms with Crippen LogP contribution in [-0.4, -0.2) is 5.33 Å². The summed E-state index contributed by atoms with van der Waals surface area (Å²) < 4.78 is 26.6. The standard InChI is InChI=1S/C16H14BrClF2/c17-10-12(7-11-1-4-14(18)5-2-11)8-13-3-6-15(19)9-16(13)20/h1-6,9,12H,7-8,10H2. The van der Waals surface area contributed by atoms with Crippen molar-refractivity contribution in [1.29, 1.82) is 0 Å². The third-order valence-corrected chi connectivity index (χ3v) is 4.35. The molecule has 2 aromatic rings. The summed E-state index contributed by atoms with van der Waals surface area (Å²) in [4.78, 5) is 0. The Labute approximate surface area is 130 Å². The van der Waals surface area contributed by atoms with Gasteiger partial charge in [0.2, 0.25) is 0 Å². The van der Waals surface area contributed by atoms with E-state index in [0.29, 0.717) is 17.0 Å². The van der Waals surface area contributed by atoms with Gasteiger partial charge in [-0.15, -0.1) is 0 Å². The van der Waals surface area contributed by atoms with Crippen molar-refractivity contribution in [3.8, 4) is 0 Å². The van der Waals surface area contributed by atoms with Crippen molar-refractivity contribution in [3.63, 3.8) is 0 Å². The molecule has 0 saturated heterocycles. The van der Waals surface area contributed by atoms with Crippen molar-refractivity contribution in [2.24, 2.45) is 5.92 Å². The fourth-order valence-corrected chi connectivity index (χ4v) is 2.72. The van der Waals surface area contributed by atoms with Gasteiger partial charge in [-0.05, 0) is 48.1 Å². The third kappa shape index (κ3) is 4.29. The minimum Gasteiger partial charge on any atom is -0.207 e. The number of alkyl halides is 1. The smallest absolute Gasteiger partial charge is 0.129 e. The van der Waals surface area contributed by atoms with E-state index in [-0.39, 0.29) is 5.92 Å². The summed E-state index contributed by atoms with van der Waals surface area (Å²) in [6, 6.07) is 11.4. The van der Waals surface area contributed by atoms with Crippen LogP contribution in [-0.2, 0) is 12.8 Å². The molecular formula is C16H14BrClF2. The van der Waals surface area contributed by atoms with Gasteiger partial charge in [0.15, 0.2) is 0 Å². The van der Waals surface area contributed by atoms with E-state index in [4.69, 9.17) is 11.6 Å². The molecule has 0 heterocycles. The van der Waals surface area contributed by atoms with Crippen molar-refractivity contribution in [1.82, 2.24) is 0 Å². The quantitative estimate of drug-likeness (QED) is 0.626. The monoisotopic (exact) mass is 358 g/mol. The lowest BCUT2D eigenvalue weighted by Gasteiger charge is -2.15. The lowest BCUT2D eigenvalue weighted by molar-refractivity contribution is 0.537.